The molecule has 0 bridgehead atoms. The molecule has 0 unspecified atom stereocenters. The van der Waals surface area contributed by atoms with E-state index < -0.39 is 18.5 Å². The zero-order chi connectivity index (χ0) is 25.9. The first-order valence-corrected chi connectivity index (χ1v) is 11.9. The molecule has 1 amide bonds. The summed E-state index contributed by atoms with van der Waals surface area (Å²) in [6.45, 7) is 1.02. The van der Waals surface area contributed by atoms with E-state index in [0.717, 1.165) is 22.4 Å². The molecule has 0 saturated heterocycles. The molecule has 5 rings (SSSR count). The largest absolute Gasteiger partial charge is 0.508 e. The number of aromatic hydroxyl groups is 1. The average molecular weight is 493 g/mol. The van der Waals surface area contributed by atoms with Crippen LogP contribution in [0.4, 0.5) is 5.69 Å². The molecule has 7 nitrogen and oxygen atoms in total. The number of hydrogen-bond donors (Lipinski definition) is 2. The molecule has 0 spiro atoms. The van der Waals surface area contributed by atoms with Gasteiger partial charge in [-0.3, -0.25) is 9.59 Å². The van der Waals surface area contributed by atoms with Crippen LogP contribution in [0.5, 0.6) is 5.75 Å². The Labute approximate surface area is 213 Å². The normalized spacial score (nSPS) is 13.4. The Morgan fingerprint density at radius 2 is 1.70 bits per heavy atom. The Bertz CT molecular complexity index is 1550. The number of Topliss-reactive ketones (excluding diaryl/α,β-unsaturated/α-hetero) is 1. The summed E-state index contributed by atoms with van der Waals surface area (Å²) >= 11 is 0. The Morgan fingerprint density at radius 1 is 0.973 bits per heavy atom. The van der Waals surface area contributed by atoms with Gasteiger partial charge in [-0.25, -0.2) is 9.78 Å². The smallest absolute Gasteiger partial charge is 0.339 e. The number of fused-ring (bicyclic) bond motifs is 2. The minimum absolute atomic E-state index is 0.0648. The van der Waals surface area contributed by atoms with Gasteiger partial charge in [-0.1, -0.05) is 30.3 Å². The zero-order valence-corrected chi connectivity index (χ0v) is 20.2. The van der Waals surface area contributed by atoms with E-state index in [-0.39, 0.29) is 11.5 Å². The first-order chi connectivity index (χ1) is 17.9. The Hall–Kier alpha value is -4.78. The van der Waals surface area contributed by atoms with Crippen molar-refractivity contribution in [1.29, 1.82) is 0 Å². The number of ketones is 1. The number of phenolic OH excluding ortho intramolecular Hbond substituents is 1. The van der Waals surface area contributed by atoms with Gasteiger partial charge in [0.05, 0.1) is 16.8 Å². The molecular weight excluding hydrogens is 468 g/mol. The molecule has 1 aliphatic carbocycles. The van der Waals surface area contributed by atoms with Crippen LogP contribution in [0.3, 0.4) is 0 Å². The van der Waals surface area contributed by atoms with Crippen LogP contribution in [0.1, 0.15) is 50.9 Å². The van der Waals surface area contributed by atoms with E-state index in [1.807, 2.05) is 42.5 Å². The van der Waals surface area contributed by atoms with E-state index in [1.165, 1.54) is 6.92 Å². The molecule has 0 radical (unpaired) electrons. The van der Waals surface area contributed by atoms with Crippen LogP contribution in [-0.4, -0.2) is 34.4 Å². The number of allylic oxidation sites excluding steroid dienone is 1. The van der Waals surface area contributed by atoms with E-state index >= 15 is 0 Å². The van der Waals surface area contributed by atoms with Crippen molar-refractivity contribution in [2.75, 3.05) is 11.9 Å². The van der Waals surface area contributed by atoms with Crippen molar-refractivity contribution >= 4 is 45.9 Å². The summed E-state index contributed by atoms with van der Waals surface area (Å²) in [6, 6.07) is 20.8. The highest BCUT2D eigenvalue weighted by Crippen LogP contribution is 2.38. The molecule has 184 valence electrons. The van der Waals surface area contributed by atoms with Gasteiger partial charge in [-0.05, 0) is 85.0 Å². The highest BCUT2D eigenvalue weighted by molar-refractivity contribution is 6.08. The number of benzene rings is 3. The van der Waals surface area contributed by atoms with Crippen molar-refractivity contribution in [3.05, 3.63) is 101 Å². The van der Waals surface area contributed by atoms with Gasteiger partial charge >= 0.3 is 5.97 Å². The topological polar surface area (TPSA) is 106 Å². The minimum Gasteiger partial charge on any atom is -0.508 e. The molecule has 4 aromatic rings. The third-order valence-corrected chi connectivity index (χ3v) is 6.29. The van der Waals surface area contributed by atoms with Crippen LogP contribution in [0.25, 0.3) is 22.6 Å². The predicted molar refractivity (Wildman–Crippen MR) is 141 cm³/mol. The molecule has 1 heterocycles. The number of hydrogen-bond acceptors (Lipinski definition) is 6. The van der Waals surface area contributed by atoms with Crippen LogP contribution in [0.15, 0.2) is 72.8 Å². The number of ether oxygens (including phenoxy) is 1. The van der Waals surface area contributed by atoms with Crippen molar-refractivity contribution in [2.24, 2.45) is 0 Å². The summed E-state index contributed by atoms with van der Waals surface area (Å²) in [5, 5.41) is 12.9. The summed E-state index contributed by atoms with van der Waals surface area (Å²) in [7, 11) is 0. The van der Waals surface area contributed by atoms with Gasteiger partial charge in [-0.15, -0.1) is 0 Å². The fraction of sp³-hybridized carbons (Fsp3) is 0.133. The van der Waals surface area contributed by atoms with Crippen LogP contribution in [0.2, 0.25) is 0 Å². The number of phenols is 1. The number of aromatic nitrogens is 1. The number of anilines is 1. The molecule has 0 atom stereocenters. The standard InChI is InChI=1S/C30H24N2O5/c1-18(33)20-8-11-22(12-9-20)31-27(35)17-37-30(36)28-24-4-2-3-5-26(24)32-29-21(10-15-25(28)29)16-19-6-13-23(34)14-7-19/h2-9,11-14,16,34H,10,15,17H2,1H3,(H,31,35)/b21-16-. The molecule has 0 fully saturated rings. The molecule has 1 aliphatic rings. The van der Waals surface area contributed by atoms with E-state index in [1.54, 1.807) is 36.4 Å². The van der Waals surface area contributed by atoms with Gasteiger partial charge in [0, 0.05) is 16.6 Å². The number of rotatable bonds is 6. The van der Waals surface area contributed by atoms with Crippen LogP contribution < -0.4 is 5.32 Å². The molecule has 0 saturated carbocycles. The minimum atomic E-state index is -0.581. The third kappa shape index (κ3) is 5.11. The van der Waals surface area contributed by atoms with Gasteiger partial charge < -0.3 is 15.2 Å². The predicted octanol–water partition coefficient (Wildman–Crippen LogP) is 5.43. The second kappa shape index (κ2) is 10.1. The molecule has 1 aromatic heterocycles. The number of para-hydroxylation sites is 1. The van der Waals surface area contributed by atoms with Gasteiger partial charge in [0.1, 0.15) is 5.75 Å². The first kappa shape index (κ1) is 23.9. The third-order valence-electron chi connectivity index (χ3n) is 6.29. The van der Waals surface area contributed by atoms with Crippen LogP contribution in [0, 0.1) is 0 Å². The molecule has 7 heteroatoms. The van der Waals surface area contributed by atoms with Crippen molar-refractivity contribution in [3.8, 4) is 5.75 Å². The summed E-state index contributed by atoms with van der Waals surface area (Å²) in [5.74, 6) is -0.931. The van der Waals surface area contributed by atoms with Crippen molar-refractivity contribution in [1.82, 2.24) is 4.98 Å². The van der Waals surface area contributed by atoms with Crippen molar-refractivity contribution < 1.29 is 24.2 Å². The van der Waals surface area contributed by atoms with E-state index in [0.29, 0.717) is 40.6 Å². The maximum Gasteiger partial charge on any atom is 0.339 e. The maximum absolute atomic E-state index is 13.3. The van der Waals surface area contributed by atoms with Gasteiger partial charge in [0.25, 0.3) is 5.91 Å². The lowest BCUT2D eigenvalue weighted by Gasteiger charge is -2.12. The lowest BCUT2D eigenvalue weighted by Crippen LogP contribution is -2.21. The molecule has 0 aliphatic heterocycles. The van der Waals surface area contributed by atoms with Crippen molar-refractivity contribution in [2.45, 2.75) is 19.8 Å². The summed E-state index contributed by atoms with van der Waals surface area (Å²) in [6.07, 6.45) is 3.33. The summed E-state index contributed by atoms with van der Waals surface area (Å²) in [4.78, 5) is 42.0. The Balaban J connectivity index is 1.39. The Kier molecular flexibility index (Phi) is 6.51. The van der Waals surface area contributed by atoms with E-state index in [4.69, 9.17) is 9.72 Å². The number of esters is 1. The first-order valence-electron chi connectivity index (χ1n) is 11.9. The summed E-state index contributed by atoms with van der Waals surface area (Å²) < 4.78 is 5.44. The Morgan fingerprint density at radius 3 is 2.43 bits per heavy atom. The van der Waals surface area contributed by atoms with Gasteiger partial charge in [0.15, 0.2) is 12.4 Å². The monoisotopic (exact) mass is 492 g/mol. The quantitative estimate of drug-likeness (QED) is 0.275. The number of nitrogens with zero attached hydrogens (tertiary/aromatic N) is 1. The number of nitrogens with one attached hydrogen (secondary N) is 1. The summed E-state index contributed by atoms with van der Waals surface area (Å²) in [5.41, 5.74) is 5.60. The SMILES string of the molecule is CC(=O)c1ccc(NC(=O)COC(=O)c2c3c(nc4ccccc24)/C(=C\c2ccc(O)cc2)CC3)cc1. The van der Waals surface area contributed by atoms with E-state index in [2.05, 4.69) is 5.32 Å². The second-order valence-electron chi connectivity index (χ2n) is 8.85. The number of carbonyl (C=O) groups excluding carboxylic acids is 3. The molecule has 3 aromatic carbocycles. The number of pyridine rings is 1. The highest BCUT2D eigenvalue weighted by Gasteiger charge is 2.28. The van der Waals surface area contributed by atoms with Crippen LogP contribution in [-0.2, 0) is 16.0 Å². The lowest BCUT2D eigenvalue weighted by atomic mass is 10.0. The zero-order valence-electron chi connectivity index (χ0n) is 20.2. The number of carbonyl (C=O) groups is 3. The van der Waals surface area contributed by atoms with Gasteiger partial charge in [-0.2, -0.15) is 0 Å². The number of amides is 1. The lowest BCUT2D eigenvalue weighted by molar-refractivity contribution is -0.119. The van der Waals surface area contributed by atoms with Crippen molar-refractivity contribution in [3.63, 3.8) is 0 Å². The average Bonchev–Trinajstić information content (AvgIpc) is 3.29. The van der Waals surface area contributed by atoms with Gasteiger partial charge in [0.2, 0.25) is 0 Å². The second-order valence-corrected chi connectivity index (χ2v) is 8.85. The molecular formula is C30H24N2O5. The van der Waals surface area contributed by atoms with E-state index in [9.17, 15) is 19.5 Å². The highest BCUT2D eigenvalue weighted by atomic mass is 16.5. The van der Waals surface area contributed by atoms with Crippen LogP contribution >= 0.6 is 0 Å². The fourth-order valence-electron chi connectivity index (χ4n) is 4.47. The molecule has 37 heavy (non-hydrogen) atoms. The fourth-order valence-corrected chi connectivity index (χ4v) is 4.47. The maximum atomic E-state index is 13.3. The molecule has 2 N–H and O–H groups in total.